The first kappa shape index (κ1) is 44.8. The van der Waals surface area contributed by atoms with Crippen LogP contribution in [0.2, 0.25) is 0 Å². The predicted molar refractivity (Wildman–Crippen MR) is 160 cm³/mol. The quantitative estimate of drug-likeness (QED) is 0.0728. The molecule has 0 unspecified atom stereocenters. The Morgan fingerprint density at radius 2 is 0.444 bits per heavy atom. The zero-order chi connectivity index (χ0) is 25.2. The molecule has 1 radical (unpaired) electrons. The van der Waals surface area contributed by atoms with Gasteiger partial charge < -0.3 is 27.6 Å². The Labute approximate surface area is 274 Å². The van der Waals surface area contributed by atoms with Gasteiger partial charge in [0, 0.05) is 0 Å². The predicted octanol–water partition coefficient (Wildman–Crippen LogP) is 9.17. The standard InChI is InChI=1S/2C16H34N.BrH.Nd/c2*1-3-5-7-9-11-13-15-17-16-14-12-10-8-6-4-2;;/h2*3-16H2,1-2H3;1H;/q2*-1;;+3/p-1. The van der Waals surface area contributed by atoms with Gasteiger partial charge in [0.05, 0.1) is 0 Å². The van der Waals surface area contributed by atoms with Gasteiger partial charge in [0.2, 0.25) is 0 Å². The number of halogens is 1. The second-order valence-electron chi connectivity index (χ2n) is 10.4. The van der Waals surface area contributed by atoms with E-state index in [-0.39, 0.29) is 57.8 Å². The summed E-state index contributed by atoms with van der Waals surface area (Å²) in [5, 5.41) is 9.21. The van der Waals surface area contributed by atoms with Crippen LogP contribution in [0.3, 0.4) is 0 Å². The van der Waals surface area contributed by atoms with E-state index in [9.17, 15) is 0 Å². The van der Waals surface area contributed by atoms with Crippen molar-refractivity contribution >= 4 is 0 Å². The molecule has 217 valence electrons. The fourth-order valence-corrected chi connectivity index (χ4v) is 4.24. The van der Waals surface area contributed by atoms with Crippen LogP contribution in [0.1, 0.15) is 182 Å². The van der Waals surface area contributed by atoms with Crippen molar-refractivity contribution in [3.8, 4) is 0 Å². The zero-order valence-corrected chi connectivity index (χ0v) is 30.4. The van der Waals surface area contributed by atoms with Crippen LogP contribution < -0.4 is 17.0 Å². The normalized spacial score (nSPS) is 10.3. The van der Waals surface area contributed by atoms with E-state index in [1.54, 1.807) is 0 Å². The van der Waals surface area contributed by atoms with E-state index < -0.39 is 0 Å². The third-order valence-corrected chi connectivity index (χ3v) is 6.68. The third-order valence-electron chi connectivity index (χ3n) is 6.68. The molecule has 0 aliphatic heterocycles. The van der Waals surface area contributed by atoms with Crippen LogP contribution in [0.15, 0.2) is 0 Å². The molecule has 4 heteroatoms. The molecule has 0 aromatic heterocycles. The average molecular weight is 705 g/mol. The Morgan fingerprint density at radius 3 is 0.639 bits per heavy atom. The van der Waals surface area contributed by atoms with Gasteiger partial charge >= 0.3 is 40.8 Å². The Kier molecular flexibility index (Phi) is 57.9. The summed E-state index contributed by atoms with van der Waals surface area (Å²) >= 11 is 0. The average Bonchev–Trinajstić information content (AvgIpc) is 2.85. The Hall–Kier alpha value is 1.75. The van der Waals surface area contributed by atoms with Crippen LogP contribution in [-0.2, 0) is 0 Å². The van der Waals surface area contributed by atoms with Crippen molar-refractivity contribution in [2.45, 2.75) is 182 Å². The largest absolute Gasteiger partial charge is 3.00 e. The fraction of sp³-hybridized carbons (Fsp3) is 1.00. The molecule has 0 aromatic carbocycles. The number of unbranched alkanes of at least 4 members (excludes halogenated alkanes) is 20. The molecule has 0 N–H and O–H groups in total. The maximum atomic E-state index is 4.61. The molecule has 0 bridgehead atoms. The maximum Gasteiger partial charge on any atom is 3.00 e. The summed E-state index contributed by atoms with van der Waals surface area (Å²) in [6.45, 7) is 13.5. The Bertz CT molecular complexity index is 261. The van der Waals surface area contributed by atoms with E-state index >= 15 is 0 Å². The molecule has 36 heavy (non-hydrogen) atoms. The summed E-state index contributed by atoms with van der Waals surface area (Å²) in [4.78, 5) is 0. The van der Waals surface area contributed by atoms with Gasteiger partial charge in [-0.05, 0) is 0 Å². The number of hydrogen-bond donors (Lipinski definition) is 0. The maximum absolute atomic E-state index is 4.61. The molecule has 0 aromatic rings. The van der Waals surface area contributed by atoms with Crippen LogP contribution in [0, 0.1) is 40.8 Å². The number of hydrogen-bond acceptors (Lipinski definition) is 0. The van der Waals surface area contributed by atoms with Crippen LogP contribution in [0.25, 0.3) is 10.6 Å². The van der Waals surface area contributed by atoms with E-state index in [0.29, 0.717) is 0 Å². The molecule has 2 nitrogen and oxygen atoms in total. The summed E-state index contributed by atoms with van der Waals surface area (Å²) in [5.74, 6) is 0. The summed E-state index contributed by atoms with van der Waals surface area (Å²) in [7, 11) is 0. The minimum atomic E-state index is 0. The van der Waals surface area contributed by atoms with E-state index in [1.807, 2.05) is 0 Å². The van der Waals surface area contributed by atoms with Crippen molar-refractivity contribution in [2.24, 2.45) is 0 Å². The smallest absolute Gasteiger partial charge is 1.00 e. The molecule has 0 saturated heterocycles. The molecule has 0 heterocycles. The molecule has 0 rings (SSSR count). The number of rotatable bonds is 28. The van der Waals surface area contributed by atoms with Gasteiger partial charge in [0.15, 0.2) is 0 Å². The van der Waals surface area contributed by atoms with E-state index in [1.165, 1.54) is 154 Å². The topological polar surface area (TPSA) is 28.2 Å². The van der Waals surface area contributed by atoms with Crippen LogP contribution >= 0.6 is 0 Å². The van der Waals surface area contributed by atoms with Crippen molar-refractivity contribution < 1.29 is 57.8 Å². The fourth-order valence-electron chi connectivity index (χ4n) is 4.24. The molecular formula is C32H68BrN2Nd. The molecule has 0 atom stereocenters. The van der Waals surface area contributed by atoms with Gasteiger partial charge in [-0.2, -0.15) is 0 Å². The second-order valence-corrected chi connectivity index (χ2v) is 10.4. The summed E-state index contributed by atoms with van der Waals surface area (Å²) in [6.07, 6.45) is 33.2. The van der Waals surface area contributed by atoms with Crippen molar-refractivity contribution in [1.29, 1.82) is 0 Å². The third kappa shape index (κ3) is 48.8. The van der Waals surface area contributed by atoms with Crippen LogP contribution in [-0.4, -0.2) is 26.2 Å². The minimum Gasteiger partial charge on any atom is -1.00 e. The van der Waals surface area contributed by atoms with Gasteiger partial charge in [-0.1, -0.05) is 182 Å². The van der Waals surface area contributed by atoms with Crippen molar-refractivity contribution in [3.63, 3.8) is 0 Å². The SMILES string of the molecule is CCCCCCCC[N-]CCCCCCCC.CCCCCCCC[N-]CCCCCCCC.[Br-].[Nd+3]. The molecule has 0 aliphatic rings. The monoisotopic (exact) mass is 701 g/mol. The first-order valence-corrected chi connectivity index (χ1v) is 16.1. The second kappa shape index (κ2) is 46.6. The van der Waals surface area contributed by atoms with E-state index in [0.717, 1.165) is 26.2 Å². The van der Waals surface area contributed by atoms with Crippen molar-refractivity contribution in [3.05, 3.63) is 10.6 Å². The van der Waals surface area contributed by atoms with Crippen LogP contribution in [0.4, 0.5) is 0 Å². The van der Waals surface area contributed by atoms with Crippen molar-refractivity contribution in [2.75, 3.05) is 26.2 Å². The number of nitrogens with zero attached hydrogens (tertiary/aromatic N) is 2. The molecular weight excluding hydrogens is 637 g/mol. The first-order chi connectivity index (χ1) is 16.8. The zero-order valence-electron chi connectivity index (χ0n) is 25.6. The van der Waals surface area contributed by atoms with Gasteiger partial charge in [0.25, 0.3) is 0 Å². The van der Waals surface area contributed by atoms with Crippen LogP contribution in [0.5, 0.6) is 0 Å². The molecule has 0 fully saturated rings. The summed E-state index contributed by atoms with van der Waals surface area (Å²) < 4.78 is 0. The first-order valence-electron chi connectivity index (χ1n) is 16.1. The van der Waals surface area contributed by atoms with Gasteiger partial charge in [0.1, 0.15) is 0 Å². The van der Waals surface area contributed by atoms with E-state index in [2.05, 4.69) is 38.3 Å². The molecule has 0 spiro atoms. The van der Waals surface area contributed by atoms with Gasteiger partial charge in [-0.3, -0.25) is 0 Å². The summed E-state index contributed by atoms with van der Waals surface area (Å²) in [6, 6.07) is 0. The molecule has 0 amide bonds. The van der Waals surface area contributed by atoms with Crippen molar-refractivity contribution in [1.82, 2.24) is 0 Å². The molecule has 0 aliphatic carbocycles. The molecule has 0 saturated carbocycles. The van der Waals surface area contributed by atoms with Gasteiger partial charge in [-0.25, -0.2) is 0 Å². The Balaban J connectivity index is -0.000000269. The Morgan fingerprint density at radius 1 is 0.278 bits per heavy atom. The minimum absolute atomic E-state index is 0. The van der Waals surface area contributed by atoms with E-state index in [4.69, 9.17) is 0 Å². The van der Waals surface area contributed by atoms with Gasteiger partial charge in [-0.15, -0.1) is 26.2 Å². The summed E-state index contributed by atoms with van der Waals surface area (Å²) in [5.41, 5.74) is 0.